The summed E-state index contributed by atoms with van der Waals surface area (Å²) in [5, 5.41) is 0.357. The van der Waals surface area contributed by atoms with E-state index in [2.05, 4.69) is 0 Å². The molecule has 0 N–H and O–H groups in total. The average molecular weight is 381 g/mol. The third kappa shape index (κ3) is 3.73. The van der Waals surface area contributed by atoms with Crippen LogP contribution in [0.1, 0.15) is 45.6 Å². The topological polar surface area (TPSA) is 40.6 Å². The number of likely N-dealkylation sites (tertiary alicyclic amines) is 1. The summed E-state index contributed by atoms with van der Waals surface area (Å²) in [6, 6.07) is 3.01. The molecule has 2 heterocycles. The molecule has 1 atom stereocenters. The van der Waals surface area contributed by atoms with E-state index in [9.17, 15) is 14.0 Å². The van der Waals surface area contributed by atoms with E-state index in [-0.39, 0.29) is 17.7 Å². The van der Waals surface area contributed by atoms with Gasteiger partial charge in [0.25, 0.3) is 0 Å². The Balaban J connectivity index is 1.82. The number of carbonyl (C=O) groups excluding carboxylic acids is 2. The molecule has 0 unspecified atom stereocenters. The van der Waals surface area contributed by atoms with E-state index in [0.29, 0.717) is 30.3 Å². The normalized spacial score (nSPS) is 20.7. The first-order valence-corrected chi connectivity index (χ1v) is 9.65. The van der Waals surface area contributed by atoms with E-state index in [1.54, 1.807) is 15.9 Å². The molecule has 1 fully saturated rings. The molecule has 0 aliphatic carbocycles. The van der Waals surface area contributed by atoms with E-state index in [4.69, 9.17) is 11.6 Å². The van der Waals surface area contributed by atoms with Crippen LogP contribution in [0.15, 0.2) is 12.1 Å². The number of piperidine rings is 1. The Labute approximate surface area is 159 Å². The molecule has 0 radical (unpaired) electrons. The molecule has 1 saturated heterocycles. The second-order valence-corrected chi connectivity index (χ2v) is 8.77. The fourth-order valence-electron chi connectivity index (χ4n) is 3.93. The van der Waals surface area contributed by atoms with Gasteiger partial charge >= 0.3 is 0 Å². The van der Waals surface area contributed by atoms with Gasteiger partial charge in [-0.3, -0.25) is 9.59 Å². The fourth-order valence-corrected chi connectivity index (χ4v) is 4.16. The monoisotopic (exact) mass is 380 g/mol. The molecule has 1 aromatic rings. The van der Waals surface area contributed by atoms with Gasteiger partial charge in [0, 0.05) is 30.1 Å². The predicted octanol–water partition coefficient (Wildman–Crippen LogP) is 4.04. The molecule has 0 bridgehead atoms. The van der Waals surface area contributed by atoms with Gasteiger partial charge in [-0.2, -0.15) is 0 Å². The summed E-state index contributed by atoms with van der Waals surface area (Å²) in [6.45, 7) is 7.27. The third-order valence-corrected chi connectivity index (χ3v) is 5.39. The van der Waals surface area contributed by atoms with Gasteiger partial charge in [0.1, 0.15) is 5.82 Å². The molecule has 0 aromatic heterocycles. The number of hydrogen-bond acceptors (Lipinski definition) is 2. The van der Waals surface area contributed by atoms with Crippen molar-refractivity contribution in [2.45, 2.75) is 46.5 Å². The lowest BCUT2D eigenvalue weighted by Crippen LogP contribution is -2.50. The van der Waals surface area contributed by atoms with Crippen LogP contribution in [0.5, 0.6) is 0 Å². The molecule has 0 spiro atoms. The van der Waals surface area contributed by atoms with Crippen LogP contribution < -0.4 is 4.90 Å². The smallest absolute Gasteiger partial charge is 0.231 e. The summed E-state index contributed by atoms with van der Waals surface area (Å²) in [5.41, 5.74) is 0.684. The van der Waals surface area contributed by atoms with E-state index in [0.717, 1.165) is 31.2 Å². The second-order valence-electron chi connectivity index (χ2n) is 8.33. The highest BCUT2D eigenvalue weighted by Crippen LogP contribution is 2.35. The molecular weight excluding hydrogens is 355 g/mol. The largest absolute Gasteiger partial charge is 0.341 e. The lowest BCUT2D eigenvalue weighted by atomic mass is 9.90. The number of nitrogens with zero attached hydrogens (tertiary/aromatic N) is 2. The molecular formula is C20H26ClFN2O2. The van der Waals surface area contributed by atoms with Gasteiger partial charge in [0.2, 0.25) is 11.8 Å². The summed E-state index contributed by atoms with van der Waals surface area (Å²) in [5.74, 6) is -0.749. The molecule has 2 amide bonds. The van der Waals surface area contributed by atoms with Crippen LogP contribution in [0, 0.1) is 17.2 Å². The van der Waals surface area contributed by atoms with Crippen molar-refractivity contribution in [1.29, 1.82) is 0 Å². The maximum absolute atomic E-state index is 14.5. The quantitative estimate of drug-likeness (QED) is 0.737. The van der Waals surface area contributed by atoms with Crippen LogP contribution in [-0.4, -0.2) is 36.3 Å². The number of anilines is 1. The van der Waals surface area contributed by atoms with E-state index in [1.807, 2.05) is 20.8 Å². The maximum atomic E-state index is 14.5. The zero-order valence-electron chi connectivity index (χ0n) is 15.6. The van der Waals surface area contributed by atoms with Crippen LogP contribution in [0.2, 0.25) is 5.02 Å². The van der Waals surface area contributed by atoms with Crippen LogP contribution in [0.4, 0.5) is 10.1 Å². The third-order valence-electron chi connectivity index (χ3n) is 5.17. The van der Waals surface area contributed by atoms with Crippen LogP contribution in [-0.2, 0) is 16.0 Å². The SMILES string of the molecule is CC(C)(C)C(=O)N1CCC[C@H](C(=O)N2CCCc3cc(Cl)cc(F)c32)C1. The van der Waals surface area contributed by atoms with Crippen LogP contribution in [0.3, 0.4) is 0 Å². The summed E-state index contributed by atoms with van der Waals surface area (Å²) < 4.78 is 14.5. The minimum absolute atomic E-state index is 0.0620. The number of benzene rings is 1. The van der Waals surface area contributed by atoms with Crippen molar-refractivity contribution < 1.29 is 14.0 Å². The Morgan fingerprint density at radius 3 is 2.62 bits per heavy atom. The van der Waals surface area contributed by atoms with Gasteiger partial charge in [-0.1, -0.05) is 32.4 Å². The second kappa shape index (κ2) is 7.18. The Morgan fingerprint density at radius 2 is 1.92 bits per heavy atom. The number of fused-ring (bicyclic) bond motifs is 1. The van der Waals surface area contributed by atoms with Gasteiger partial charge in [0.05, 0.1) is 11.6 Å². The Hall–Kier alpha value is -1.62. The molecule has 4 nitrogen and oxygen atoms in total. The first kappa shape index (κ1) is 19.2. The summed E-state index contributed by atoms with van der Waals surface area (Å²) in [4.78, 5) is 29.1. The van der Waals surface area contributed by atoms with E-state index < -0.39 is 11.2 Å². The minimum Gasteiger partial charge on any atom is -0.341 e. The molecule has 1 aromatic carbocycles. The highest BCUT2D eigenvalue weighted by Gasteiger charge is 2.37. The number of carbonyl (C=O) groups is 2. The number of aryl methyl sites for hydroxylation is 1. The number of rotatable bonds is 1. The van der Waals surface area contributed by atoms with Crippen molar-refractivity contribution in [2.24, 2.45) is 11.3 Å². The highest BCUT2D eigenvalue weighted by molar-refractivity contribution is 6.30. The Kier molecular flexibility index (Phi) is 5.29. The van der Waals surface area contributed by atoms with Crippen molar-refractivity contribution in [3.05, 3.63) is 28.5 Å². The van der Waals surface area contributed by atoms with Gasteiger partial charge in [-0.25, -0.2) is 4.39 Å². The fraction of sp³-hybridized carbons (Fsp3) is 0.600. The zero-order chi connectivity index (χ0) is 19.1. The van der Waals surface area contributed by atoms with Gasteiger partial charge < -0.3 is 9.80 Å². The van der Waals surface area contributed by atoms with Crippen LogP contribution in [0.25, 0.3) is 0 Å². The van der Waals surface area contributed by atoms with Gasteiger partial charge in [-0.05, 0) is 43.4 Å². The Morgan fingerprint density at radius 1 is 1.19 bits per heavy atom. The molecule has 2 aliphatic heterocycles. The molecule has 2 aliphatic rings. The van der Waals surface area contributed by atoms with E-state index in [1.165, 1.54) is 6.07 Å². The zero-order valence-corrected chi connectivity index (χ0v) is 16.4. The summed E-state index contributed by atoms with van der Waals surface area (Å²) in [6.07, 6.45) is 3.03. The van der Waals surface area contributed by atoms with Crippen LogP contribution >= 0.6 is 11.6 Å². The Bertz CT molecular complexity index is 729. The highest BCUT2D eigenvalue weighted by atomic mass is 35.5. The molecule has 3 rings (SSSR count). The van der Waals surface area contributed by atoms with Crippen molar-refractivity contribution in [2.75, 3.05) is 24.5 Å². The average Bonchev–Trinajstić information content (AvgIpc) is 2.59. The molecule has 26 heavy (non-hydrogen) atoms. The molecule has 6 heteroatoms. The van der Waals surface area contributed by atoms with E-state index >= 15 is 0 Å². The lowest BCUT2D eigenvalue weighted by molar-refractivity contribution is -0.142. The predicted molar refractivity (Wildman–Crippen MR) is 101 cm³/mol. The van der Waals surface area contributed by atoms with Crippen molar-refractivity contribution in [1.82, 2.24) is 4.90 Å². The number of halogens is 2. The standard InChI is InChI=1S/C20H26ClFN2O2/c1-20(2,3)19(26)23-8-4-7-14(12-23)18(25)24-9-5-6-13-10-15(21)11-16(22)17(13)24/h10-11,14H,4-9,12H2,1-3H3/t14-/m0/s1. The molecule has 0 saturated carbocycles. The van der Waals surface area contributed by atoms with Crippen molar-refractivity contribution >= 4 is 29.1 Å². The first-order valence-electron chi connectivity index (χ1n) is 9.27. The summed E-state index contributed by atoms with van der Waals surface area (Å²) >= 11 is 5.97. The maximum Gasteiger partial charge on any atom is 0.231 e. The lowest BCUT2D eigenvalue weighted by Gasteiger charge is -2.39. The first-order chi connectivity index (χ1) is 12.2. The number of amides is 2. The molecule has 142 valence electrons. The summed E-state index contributed by atoms with van der Waals surface area (Å²) in [7, 11) is 0. The van der Waals surface area contributed by atoms with Gasteiger partial charge in [-0.15, -0.1) is 0 Å². The number of hydrogen-bond donors (Lipinski definition) is 0. The minimum atomic E-state index is -0.467. The van der Waals surface area contributed by atoms with Gasteiger partial charge in [0.15, 0.2) is 0 Å². The van der Waals surface area contributed by atoms with Crippen molar-refractivity contribution in [3.63, 3.8) is 0 Å². The van der Waals surface area contributed by atoms with Crippen molar-refractivity contribution in [3.8, 4) is 0 Å².